The van der Waals surface area contributed by atoms with E-state index in [0.717, 1.165) is 6.54 Å². The molecule has 0 aliphatic carbocycles. The van der Waals surface area contributed by atoms with Gasteiger partial charge in [-0.3, -0.25) is 0 Å². The zero-order valence-electron chi connectivity index (χ0n) is 12.2. The minimum absolute atomic E-state index is 0.252. The second-order valence-corrected chi connectivity index (χ2v) is 5.05. The molecule has 4 nitrogen and oxygen atoms in total. The monoisotopic (exact) mass is 269 g/mol. The molecule has 1 heterocycles. The number of anilines is 1. The van der Waals surface area contributed by atoms with Crippen LogP contribution in [0.3, 0.4) is 0 Å². The minimum Gasteiger partial charge on any atom is -0.383 e. The lowest BCUT2D eigenvalue weighted by Gasteiger charge is -2.19. The molecule has 0 saturated heterocycles. The highest BCUT2D eigenvalue weighted by molar-refractivity contribution is 5.42. The molecule has 0 aliphatic heterocycles. The lowest BCUT2D eigenvalue weighted by atomic mass is 10.2. The Kier molecular flexibility index (Phi) is 6.73. The van der Waals surface area contributed by atoms with E-state index in [2.05, 4.69) is 24.1 Å². The Morgan fingerprint density at radius 1 is 1.47 bits per heavy atom. The minimum atomic E-state index is -0.252. The summed E-state index contributed by atoms with van der Waals surface area (Å²) in [5, 5.41) is 3.24. The lowest BCUT2D eigenvalue weighted by molar-refractivity contribution is 0.206. The van der Waals surface area contributed by atoms with Crippen LogP contribution in [-0.2, 0) is 11.3 Å². The molecule has 0 saturated carbocycles. The highest BCUT2D eigenvalue weighted by Gasteiger charge is 2.13. The number of hydrogen-bond acceptors (Lipinski definition) is 4. The Balaban J connectivity index is 2.68. The van der Waals surface area contributed by atoms with E-state index in [1.54, 1.807) is 24.3 Å². The molecule has 0 atom stereocenters. The summed E-state index contributed by atoms with van der Waals surface area (Å²) >= 11 is 0. The predicted molar refractivity (Wildman–Crippen MR) is 75.9 cm³/mol. The summed E-state index contributed by atoms with van der Waals surface area (Å²) in [7, 11) is 3.44. The Bertz CT molecular complexity index is 385. The Labute approximate surface area is 115 Å². The van der Waals surface area contributed by atoms with Crippen molar-refractivity contribution in [1.29, 1.82) is 0 Å². The standard InChI is InChI=1S/C14H24FN3O/c1-11(2)9-16-10-12-5-6-17-14(13(12)15)18(3)7-8-19-4/h5-6,11,16H,7-10H2,1-4H3. The van der Waals surface area contributed by atoms with Crippen LogP contribution >= 0.6 is 0 Å². The lowest BCUT2D eigenvalue weighted by Crippen LogP contribution is -2.25. The van der Waals surface area contributed by atoms with E-state index >= 15 is 0 Å². The van der Waals surface area contributed by atoms with Crippen LogP contribution in [0.15, 0.2) is 12.3 Å². The van der Waals surface area contributed by atoms with E-state index in [-0.39, 0.29) is 5.82 Å². The summed E-state index contributed by atoms with van der Waals surface area (Å²) in [6, 6.07) is 1.72. The normalized spacial score (nSPS) is 11.1. The third kappa shape index (κ3) is 5.12. The van der Waals surface area contributed by atoms with E-state index in [1.165, 1.54) is 0 Å². The third-order valence-corrected chi connectivity index (χ3v) is 2.81. The van der Waals surface area contributed by atoms with Gasteiger partial charge in [-0.25, -0.2) is 9.37 Å². The molecular formula is C14H24FN3O. The van der Waals surface area contributed by atoms with Gasteiger partial charge in [-0.15, -0.1) is 0 Å². The van der Waals surface area contributed by atoms with Gasteiger partial charge in [0.2, 0.25) is 0 Å². The summed E-state index contributed by atoms with van der Waals surface area (Å²) < 4.78 is 19.3. The van der Waals surface area contributed by atoms with Crippen molar-refractivity contribution in [2.45, 2.75) is 20.4 Å². The molecule has 5 heteroatoms. The average molecular weight is 269 g/mol. The van der Waals surface area contributed by atoms with Gasteiger partial charge in [0.15, 0.2) is 11.6 Å². The maximum absolute atomic E-state index is 14.3. The molecule has 0 aliphatic rings. The first-order valence-corrected chi connectivity index (χ1v) is 6.60. The van der Waals surface area contributed by atoms with E-state index in [9.17, 15) is 4.39 Å². The number of halogens is 1. The van der Waals surface area contributed by atoms with Gasteiger partial charge >= 0.3 is 0 Å². The largest absolute Gasteiger partial charge is 0.383 e. The van der Waals surface area contributed by atoms with Crippen molar-refractivity contribution >= 4 is 5.82 Å². The molecule has 0 radical (unpaired) electrons. The van der Waals surface area contributed by atoms with E-state index in [0.29, 0.717) is 37.0 Å². The topological polar surface area (TPSA) is 37.4 Å². The molecule has 19 heavy (non-hydrogen) atoms. The van der Waals surface area contributed by atoms with Crippen LogP contribution in [0.4, 0.5) is 10.2 Å². The summed E-state index contributed by atoms with van der Waals surface area (Å²) in [4.78, 5) is 5.87. The van der Waals surface area contributed by atoms with Crippen LogP contribution in [0.2, 0.25) is 0 Å². The molecule has 1 aromatic rings. The van der Waals surface area contributed by atoms with Crippen LogP contribution < -0.4 is 10.2 Å². The molecule has 0 fully saturated rings. The third-order valence-electron chi connectivity index (χ3n) is 2.81. The molecule has 108 valence electrons. The highest BCUT2D eigenvalue weighted by Crippen LogP contribution is 2.18. The molecular weight excluding hydrogens is 245 g/mol. The first-order valence-electron chi connectivity index (χ1n) is 6.60. The number of likely N-dealkylation sites (N-methyl/N-ethyl adjacent to an activating group) is 1. The van der Waals surface area contributed by atoms with E-state index in [1.807, 2.05) is 7.05 Å². The molecule has 1 rings (SSSR count). The summed E-state index contributed by atoms with van der Waals surface area (Å²) in [5.74, 6) is 0.673. The van der Waals surface area contributed by atoms with Gasteiger partial charge in [0.1, 0.15) is 0 Å². The first-order chi connectivity index (χ1) is 9.06. The fourth-order valence-electron chi connectivity index (χ4n) is 1.70. The molecule has 0 bridgehead atoms. The highest BCUT2D eigenvalue weighted by atomic mass is 19.1. The van der Waals surface area contributed by atoms with Gasteiger partial charge < -0.3 is 15.0 Å². The number of nitrogens with one attached hydrogen (secondary N) is 1. The average Bonchev–Trinajstić information content (AvgIpc) is 2.37. The number of pyridine rings is 1. The van der Waals surface area contributed by atoms with Gasteiger partial charge in [0.25, 0.3) is 0 Å². The zero-order chi connectivity index (χ0) is 14.3. The number of rotatable bonds is 8. The van der Waals surface area contributed by atoms with Crippen molar-refractivity contribution in [3.63, 3.8) is 0 Å². The molecule has 1 aromatic heterocycles. The van der Waals surface area contributed by atoms with Crippen molar-refractivity contribution in [2.24, 2.45) is 5.92 Å². The number of hydrogen-bond donors (Lipinski definition) is 1. The molecule has 0 unspecified atom stereocenters. The number of aromatic nitrogens is 1. The summed E-state index contributed by atoms with van der Waals surface area (Å²) in [6.07, 6.45) is 1.65. The van der Waals surface area contributed by atoms with Crippen molar-refractivity contribution in [1.82, 2.24) is 10.3 Å². The fourth-order valence-corrected chi connectivity index (χ4v) is 1.70. The van der Waals surface area contributed by atoms with Gasteiger partial charge in [-0.1, -0.05) is 13.8 Å². The van der Waals surface area contributed by atoms with E-state index in [4.69, 9.17) is 4.74 Å². The maximum atomic E-state index is 14.3. The Hall–Kier alpha value is -1.20. The molecule has 1 N–H and O–H groups in total. The SMILES string of the molecule is COCCN(C)c1nccc(CNCC(C)C)c1F. The van der Waals surface area contributed by atoms with Crippen molar-refractivity contribution in [3.05, 3.63) is 23.6 Å². The molecule has 0 aromatic carbocycles. The van der Waals surface area contributed by atoms with Gasteiger partial charge in [-0.05, 0) is 18.5 Å². The predicted octanol–water partition coefficient (Wildman–Crippen LogP) is 2.05. The van der Waals surface area contributed by atoms with Crippen molar-refractivity contribution in [3.8, 4) is 0 Å². The Morgan fingerprint density at radius 3 is 2.84 bits per heavy atom. The summed E-state index contributed by atoms with van der Waals surface area (Å²) in [6.45, 7) is 6.81. The second kappa shape index (κ2) is 8.07. The first kappa shape index (κ1) is 15.9. The fraction of sp³-hybridized carbons (Fsp3) is 0.643. The number of ether oxygens (including phenoxy) is 1. The van der Waals surface area contributed by atoms with Crippen LogP contribution in [0, 0.1) is 11.7 Å². The quantitative estimate of drug-likeness (QED) is 0.784. The van der Waals surface area contributed by atoms with Crippen LogP contribution in [0.5, 0.6) is 0 Å². The number of nitrogens with zero attached hydrogens (tertiary/aromatic N) is 2. The van der Waals surface area contributed by atoms with Gasteiger partial charge in [-0.2, -0.15) is 0 Å². The summed E-state index contributed by atoms with van der Waals surface area (Å²) in [5.41, 5.74) is 0.648. The van der Waals surface area contributed by atoms with Crippen LogP contribution in [0.25, 0.3) is 0 Å². The van der Waals surface area contributed by atoms with Gasteiger partial charge in [0.05, 0.1) is 6.61 Å². The smallest absolute Gasteiger partial charge is 0.170 e. The number of methoxy groups -OCH3 is 1. The van der Waals surface area contributed by atoms with Crippen LogP contribution in [-0.4, -0.2) is 38.8 Å². The molecule has 0 amide bonds. The zero-order valence-corrected chi connectivity index (χ0v) is 12.2. The van der Waals surface area contributed by atoms with Crippen molar-refractivity contribution in [2.75, 3.05) is 38.8 Å². The Morgan fingerprint density at radius 2 is 2.21 bits per heavy atom. The van der Waals surface area contributed by atoms with Gasteiger partial charge in [0, 0.05) is 39.0 Å². The van der Waals surface area contributed by atoms with E-state index < -0.39 is 0 Å². The second-order valence-electron chi connectivity index (χ2n) is 5.05. The molecule has 0 spiro atoms. The van der Waals surface area contributed by atoms with Crippen LogP contribution in [0.1, 0.15) is 19.4 Å². The van der Waals surface area contributed by atoms with Crippen molar-refractivity contribution < 1.29 is 9.13 Å². The maximum Gasteiger partial charge on any atom is 0.170 e.